The quantitative estimate of drug-likeness (QED) is 0.882. The Labute approximate surface area is 130 Å². The summed E-state index contributed by atoms with van der Waals surface area (Å²) in [7, 11) is 0. The monoisotopic (exact) mass is 356 g/mol. The van der Waals surface area contributed by atoms with Gasteiger partial charge < -0.3 is 14.6 Å². The third-order valence-electron chi connectivity index (χ3n) is 3.68. The summed E-state index contributed by atoms with van der Waals surface area (Å²) in [6.07, 6.45) is 3.15. The molecule has 0 saturated carbocycles. The fraction of sp³-hybridized carbons (Fsp3) is 0.500. The number of carbonyl (C=O) groups excluding carboxylic acids is 1. The minimum absolute atomic E-state index is 0.0157. The van der Waals surface area contributed by atoms with Crippen molar-refractivity contribution in [1.29, 1.82) is 0 Å². The number of rotatable bonds is 4. The Kier molecular flexibility index (Phi) is 5.17. The van der Waals surface area contributed by atoms with Crippen molar-refractivity contribution in [3.05, 3.63) is 33.2 Å². The molecule has 1 aliphatic heterocycles. The number of hydrogen-bond acceptors (Lipinski definition) is 3. The molecular weight excluding hydrogens is 340 g/mol. The van der Waals surface area contributed by atoms with Gasteiger partial charge in [-0.25, -0.2) is 0 Å². The van der Waals surface area contributed by atoms with Crippen LogP contribution in [-0.4, -0.2) is 39.5 Å². The molecule has 0 spiro atoms. The maximum absolute atomic E-state index is 12.2. The number of piperidine rings is 1. The van der Waals surface area contributed by atoms with Crippen molar-refractivity contribution in [2.75, 3.05) is 13.1 Å². The van der Waals surface area contributed by atoms with E-state index in [9.17, 15) is 14.4 Å². The molecule has 0 atom stereocenters. The van der Waals surface area contributed by atoms with Crippen molar-refractivity contribution >= 4 is 27.8 Å². The summed E-state index contributed by atoms with van der Waals surface area (Å²) in [5, 5.41) is 8.77. The first-order valence-electron chi connectivity index (χ1n) is 6.81. The molecule has 1 amide bonds. The van der Waals surface area contributed by atoms with Gasteiger partial charge in [0.25, 0.3) is 5.56 Å². The van der Waals surface area contributed by atoms with Crippen LogP contribution in [0.3, 0.4) is 0 Å². The van der Waals surface area contributed by atoms with Gasteiger partial charge in [0.15, 0.2) is 0 Å². The minimum Gasteiger partial charge on any atom is -0.481 e. The molecule has 1 aliphatic rings. The second-order valence-electron chi connectivity index (χ2n) is 5.24. The highest BCUT2D eigenvalue weighted by Crippen LogP contribution is 2.20. The van der Waals surface area contributed by atoms with Crippen molar-refractivity contribution in [3.8, 4) is 0 Å². The van der Waals surface area contributed by atoms with Gasteiger partial charge in [0.2, 0.25) is 5.91 Å². The van der Waals surface area contributed by atoms with Crippen molar-refractivity contribution in [3.63, 3.8) is 0 Å². The molecule has 1 aromatic heterocycles. The predicted octanol–water partition coefficient (Wildman–Crippen LogP) is 1.32. The molecule has 6 nitrogen and oxygen atoms in total. The van der Waals surface area contributed by atoms with Crippen molar-refractivity contribution in [1.82, 2.24) is 9.47 Å². The molecule has 1 saturated heterocycles. The van der Waals surface area contributed by atoms with Crippen molar-refractivity contribution in [2.45, 2.75) is 25.8 Å². The van der Waals surface area contributed by atoms with Gasteiger partial charge in [-0.05, 0) is 40.8 Å². The van der Waals surface area contributed by atoms with Crippen LogP contribution in [0.1, 0.15) is 19.3 Å². The van der Waals surface area contributed by atoms with Gasteiger partial charge in [-0.1, -0.05) is 0 Å². The summed E-state index contributed by atoms with van der Waals surface area (Å²) in [4.78, 5) is 36.2. The summed E-state index contributed by atoms with van der Waals surface area (Å²) in [6.45, 7) is 1.13. The fourth-order valence-electron chi connectivity index (χ4n) is 2.50. The number of carbonyl (C=O) groups is 2. The molecule has 0 aliphatic carbocycles. The number of halogens is 1. The smallest absolute Gasteiger partial charge is 0.303 e. The van der Waals surface area contributed by atoms with Gasteiger partial charge in [0.1, 0.15) is 6.54 Å². The molecule has 0 aromatic carbocycles. The summed E-state index contributed by atoms with van der Waals surface area (Å²) in [5.74, 6) is -0.760. The lowest BCUT2D eigenvalue weighted by molar-refractivity contribution is -0.138. The molecule has 0 radical (unpaired) electrons. The summed E-state index contributed by atoms with van der Waals surface area (Å²) in [5.41, 5.74) is -0.215. The standard InChI is InChI=1S/C14H17BrN2O4/c15-11-1-2-12(18)17(8-11)9-13(19)16-5-3-10(4-6-16)7-14(20)21/h1-2,8,10H,3-7,9H2,(H,20,21). The number of likely N-dealkylation sites (tertiary alicyclic amines) is 1. The lowest BCUT2D eigenvalue weighted by Crippen LogP contribution is -2.41. The zero-order valence-corrected chi connectivity index (χ0v) is 13.1. The lowest BCUT2D eigenvalue weighted by atomic mass is 9.93. The molecule has 21 heavy (non-hydrogen) atoms. The average Bonchev–Trinajstić information content (AvgIpc) is 2.43. The van der Waals surface area contributed by atoms with Crippen LogP contribution in [0, 0.1) is 5.92 Å². The minimum atomic E-state index is -0.791. The molecule has 1 fully saturated rings. The van der Waals surface area contributed by atoms with E-state index in [2.05, 4.69) is 15.9 Å². The topological polar surface area (TPSA) is 79.6 Å². The second kappa shape index (κ2) is 6.89. The van der Waals surface area contributed by atoms with E-state index >= 15 is 0 Å². The van der Waals surface area contributed by atoms with Crippen molar-refractivity contribution in [2.24, 2.45) is 5.92 Å². The van der Waals surface area contributed by atoms with E-state index in [0.29, 0.717) is 25.9 Å². The molecule has 7 heteroatoms. The zero-order chi connectivity index (χ0) is 15.4. The Morgan fingerprint density at radius 3 is 2.57 bits per heavy atom. The van der Waals surface area contributed by atoms with Crippen LogP contribution >= 0.6 is 15.9 Å². The number of aromatic nitrogens is 1. The maximum Gasteiger partial charge on any atom is 0.303 e. The number of nitrogens with zero attached hydrogens (tertiary/aromatic N) is 2. The molecule has 2 rings (SSSR count). The van der Waals surface area contributed by atoms with Gasteiger partial charge >= 0.3 is 5.97 Å². The van der Waals surface area contributed by atoms with E-state index in [-0.39, 0.29) is 30.3 Å². The van der Waals surface area contributed by atoms with Gasteiger partial charge in [-0.2, -0.15) is 0 Å². The molecule has 114 valence electrons. The second-order valence-corrected chi connectivity index (χ2v) is 6.15. The van der Waals surface area contributed by atoms with E-state index < -0.39 is 5.97 Å². The fourth-order valence-corrected chi connectivity index (χ4v) is 2.88. The molecule has 0 bridgehead atoms. The van der Waals surface area contributed by atoms with Gasteiger partial charge in [-0.15, -0.1) is 0 Å². The summed E-state index contributed by atoms with van der Waals surface area (Å²) < 4.78 is 2.12. The first-order valence-corrected chi connectivity index (χ1v) is 7.60. The Bertz CT molecular complexity index is 591. The molecular formula is C14H17BrN2O4. The molecule has 2 heterocycles. The van der Waals surface area contributed by atoms with Crippen LogP contribution in [0.25, 0.3) is 0 Å². The van der Waals surface area contributed by atoms with Gasteiger partial charge in [0.05, 0.1) is 0 Å². The molecule has 1 aromatic rings. The number of carboxylic acid groups (broad SMARTS) is 1. The van der Waals surface area contributed by atoms with Crippen LogP contribution in [0.2, 0.25) is 0 Å². The van der Waals surface area contributed by atoms with E-state index in [1.165, 1.54) is 10.6 Å². The van der Waals surface area contributed by atoms with Crippen LogP contribution in [0.15, 0.2) is 27.6 Å². The Balaban J connectivity index is 1.92. The van der Waals surface area contributed by atoms with E-state index in [1.54, 1.807) is 17.2 Å². The Hall–Kier alpha value is -1.63. The van der Waals surface area contributed by atoms with E-state index in [1.807, 2.05) is 0 Å². The van der Waals surface area contributed by atoms with Crippen molar-refractivity contribution < 1.29 is 14.7 Å². The highest BCUT2D eigenvalue weighted by Gasteiger charge is 2.24. The van der Waals surface area contributed by atoms with E-state index in [0.717, 1.165) is 4.47 Å². The van der Waals surface area contributed by atoms with Crippen LogP contribution in [0.4, 0.5) is 0 Å². The summed E-state index contributed by atoms with van der Waals surface area (Å²) in [6, 6.07) is 3.05. The first kappa shape index (κ1) is 15.8. The third kappa shape index (κ3) is 4.42. The molecule has 1 N–H and O–H groups in total. The van der Waals surface area contributed by atoms with Crippen LogP contribution < -0.4 is 5.56 Å². The maximum atomic E-state index is 12.2. The van der Waals surface area contributed by atoms with Crippen LogP contribution in [-0.2, 0) is 16.1 Å². The van der Waals surface area contributed by atoms with Crippen LogP contribution in [0.5, 0.6) is 0 Å². The zero-order valence-electron chi connectivity index (χ0n) is 11.5. The van der Waals surface area contributed by atoms with E-state index in [4.69, 9.17) is 5.11 Å². The third-order valence-corrected chi connectivity index (χ3v) is 4.15. The highest BCUT2D eigenvalue weighted by molar-refractivity contribution is 9.10. The Morgan fingerprint density at radius 1 is 1.29 bits per heavy atom. The number of hydrogen-bond donors (Lipinski definition) is 1. The first-order chi connectivity index (χ1) is 9.95. The highest BCUT2D eigenvalue weighted by atomic mass is 79.9. The van der Waals surface area contributed by atoms with Gasteiger partial charge in [0, 0.05) is 36.2 Å². The lowest BCUT2D eigenvalue weighted by Gasteiger charge is -2.31. The molecule has 0 unspecified atom stereocenters. The normalized spacial score (nSPS) is 16.0. The SMILES string of the molecule is O=C(O)CC1CCN(C(=O)Cn2cc(Br)ccc2=O)CC1. The number of amides is 1. The average molecular weight is 357 g/mol. The number of pyridine rings is 1. The number of aliphatic carboxylic acids is 1. The largest absolute Gasteiger partial charge is 0.481 e. The van der Waals surface area contributed by atoms with Gasteiger partial charge in [-0.3, -0.25) is 14.4 Å². The Morgan fingerprint density at radius 2 is 1.95 bits per heavy atom. The predicted molar refractivity (Wildman–Crippen MR) is 80.0 cm³/mol. The number of carboxylic acids is 1. The summed E-state index contributed by atoms with van der Waals surface area (Å²) >= 11 is 3.27.